The van der Waals surface area contributed by atoms with Crippen LogP contribution in [0.5, 0.6) is 0 Å². The van der Waals surface area contributed by atoms with Crippen molar-refractivity contribution in [1.29, 1.82) is 0 Å². The van der Waals surface area contributed by atoms with Gasteiger partial charge in [0, 0.05) is 6.42 Å². The third-order valence-corrected chi connectivity index (χ3v) is 7.61. The number of unbranched alkanes of at least 4 members (excludes halogenated alkanes) is 26. The fourth-order valence-corrected chi connectivity index (χ4v) is 5.25. The molecule has 0 spiro atoms. The summed E-state index contributed by atoms with van der Waals surface area (Å²) in [6.07, 6.45) is 42.2. The van der Waals surface area contributed by atoms with Crippen LogP contribution in [0.15, 0.2) is 22.8 Å². The highest BCUT2D eigenvalue weighted by Gasteiger charge is 1.98. The van der Waals surface area contributed by atoms with Crippen LogP contribution in [-0.4, -0.2) is 0 Å². The number of hydrogen-bond donors (Lipinski definition) is 0. The molecule has 1 heteroatoms. The predicted octanol–water partition coefficient (Wildman–Crippen LogP) is 12.4. The van der Waals surface area contributed by atoms with Gasteiger partial charge < -0.3 is 4.42 Å². The van der Waals surface area contributed by atoms with E-state index in [1.165, 1.54) is 173 Å². The van der Waals surface area contributed by atoms with Crippen LogP contribution in [0.3, 0.4) is 0 Å². The molecular weight excluding hydrogens is 412 g/mol. The quantitative estimate of drug-likeness (QED) is 0.110. The van der Waals surface area contributed by atoms with Gasteiger partial charge in [-0.2, -0.15) is 0 Å². The second-order valence-corrected chi connectivity index (χ2v) is 11.0. The molecule has 0 saturated carbocycles. The Morgan fingerprint density at radius 1 is 0.412 bits per heavy atom. The molecular formula is C33H62O. The fraction of sp³-hybridized carbons (Fsp3) is 0.879. The number of rotatable bonds is 28. The zero-order chi connectivity index (χ0) is 24.2. The van der Waals surface area contributed by atoms with Crippen molar-refractivity contribution in [1.82, 2.24) is 0 Å². The zero-order valence-corrected chi connectivity index (χ0v) is 23.4. The summed E-state index contributed by atoms with van der Waals surface area (Å²) in [5, 5.41) is 0. The van der Waals surface area contributed by atoms with Gasteiger partial charge in [0.25, 0.3) is 0 Å². The first-order valence-corrected chi connectivity index (χ1v) is 16.0. The second kappa shape index (κ2) is 26.9. The molecule has 0 saturated heterocycles. The number of furan rings is 1. The molecule has 0 aliphatic carbocycles. The van der Waals surface area contributed by atoms with Crippen LogP contribution in [0.1, 0.15) is 186 Å². The van der Waals surface area contributed by atoms with Gasteiger partial charge in [-0.1, -0.05) is 174 Å². The average Bonchev–Trinajstić information content (AvgIpc) is 3.37. The predicted molar refractivity (Wildman–Crippen MR) is 153 cm³/mol. The van der Waals surface area contributed by atoms with Crippen LogP contribution in [0, 0.1) is 0 Å². The van der Waals surface area contributed by atoms with E-state index in [9.17, 15) is 0 Å². The summed E-state index contributed by atoms with van der Waals surface area (Å²) in [5.41, 5.74) is 0. The van der Waals surface area contributed by atoms with E-state index in [1.54, 1.807) is 6.26 Å². The van der Waals surface area contributed by atoms with Crippen LogP contribution in [0.25, 0.3) is 0 Å². The molecule has 1 rings (SSSR count). The van der Waals surface area contributed by atoms with E-state index in [-0.39, 0.29) is 0 Å². The Bertz CT molecular complexity index is 463. The first-order chi connectivity index (χ1) is 16.9. The van der Waals surface area contributed by atoms with Gasteiger partial charge in [0.2, 0.25) is 0 Å². The highest BCUT2D eigenvalue weighted by molar-refractivity contribution is 4.97. The van der Waals surface area contributed by atoms with Crippen molar-refractivity contribution in [3.63, 3.8) is 0 Å². The summed E-state index contributed by atoms with van der Waals surface area (Å²) >= 11 is 0. The van der Waals surface area contributed by atoms with Crippen LogP contribution < -0.4 is 0 Å². The van der Waals surface area contributed by atoms with Gasteiger partial charge >= 0.3 is 0 Å². The van der Waals surface area contributed by atoms with Crippen LogP contribution in [0.2, 0.25) is 0 Å². The van der Waals surface area contributed by atoms with Gasteiger partial charge in [-0.3, -0.25) is 0 Å². The Hall–Kier alpha value is -0.720. The lowest BCUT2D eigenvalue weighted by Gasteiger charge is -2.04. The van der Waals surface area contributed by atoms with Crippen LogP contribution in [-0.2, 0) is 6.42 Å². The molecule has 0 bridgehead atoms. The fourth-order valence-electron chi connectivity index (χ4n) is 5.25. The topological polar surface area (TPSA) is 13.1 Å². The first-order valence-electron chi connectivity index (χ1n) is 16.0. The highest BCUT2D eigenvalue weighted by Crippen LogP contribution is 2.16. The maximum absolute atomic E-state index is 5.39. The molecule has 0 N–H and O–H groups in total. The Kier molecular flexibility index (Phi) is 24.8. The minimum absolute atomic E-state index is 1.12. The van der Waals surface area contributed by atoms with Gasteiger partial charge in [-0.25, -0.2) is 0 Å². The maximum atomic E-state index is 5.39. The van der Waals surface area contributed by atoms with Crippen molar-refractivity contribution in [3.8, 4) is 0 Å². The standard InChI is InChI=1S/C33H62O/c1-2-3-4-5-6-7-8-9-10-11-12-13-14-15-16-17-18-19-20-21-22-23-24-25-26-27-28-30-33-31-29-32-34-33/h29,31-32H,2-28,30H2,1H3. The molecule has 1 aromatic rings. The van der Waals surface area contributed by atoms with Crippen molar-refractivity contribution >= 4 is 0 Å². The molecule has 0 aliphatic heterocycles. The molecule has 200 valence electrons. The molecule has 0 aromatic carbocycles. The normalized spacial score (nSPS) is 11.4. The molecule has 0 fully saturated rings. The third-order valence-electron chi connectivity index (χ3n) is 7.61. The van der Waals surface area contributed by atoms with E-state index >= 15 is 0 Å². The number of aryl methyl sites for hydroxylation is 1. The van der Waals surface area contributed by atoms with E-state index in [4.69, 9.17) is 4.42 Å². The summed E-state index contributed by atoms with van der Waals surface area (Å²) in [6.45, 7) is 2.30. The maximum Gasteiger partial charge on any atom is 0.103 e. The Labute approximate surface area is 215 Å². The van der Waals surface area contributed by atoms with Crippen molar-refractivity contribution in [2.45, 2.75) is 187 Å². The molecule has 0 amide bonds. The van der Waals surface area contributed by atoms with Crippen molar-refractivity contribution in [2.75, 3.05) is 0 Å². The Balaban J connectivity index is 1.61. The van der Waals surface area contributed by atoms with Crippen molar-refractivity contribution in [2.24, 2.45) is 0 Å². The lowest BCUT2D eigenvalue weighted by atomic mass is 10.0. The molecule has 0 unspecified atom stereocenters. The Morgan fingerprint density at radius 2 is 0.706 bits per heavy atom. The summed E-state index contributed by atoms with van der Waals surface area (Å²) < 4.78 is 5.39. The summed E-state index contributed by atoms with van der Waals surface area (Å²) in [5.74, 6) is 1.15. The van der Waals surface area contributed by atoms with Gasteiger partial charge in [0.15, 0.2) is 0 Å². The Morgan fingerprint density at radius 3 is 0.971 bits per heavy atom. The van der Waals surface area contributed by atoms with Gasteiger partial charge in [-0.15, -0.1) is 0 Å². The van der Waals surface area contributed by atoms with E-state index in [0.717, 1.165) is 12.2 Å². The molecule has 1 aromatic heterocycles. The lowest BCUT2D eigenvalue weighted by molar-refractivity contribution is 0.488. The largest absolute Gasteiger partial charge is 0.469 e. The molecule has 34 heavy (non-hydrogen) atoms. The van der Waals surface area contributed by atoms with E-state index in [1.807, 2.05) is 6.07 Å². The monoisotopic (exact) mass is 474 g/mol. The molecule has 1 nitrogen and oxygen atoms in total. The van der Waals surface area contributed by atoms with Gasteiger partial charge in [0.05, 0.1) is 6.26 Å². The second-order valence-electron chi connectivity index (χ2n) is 11.0. The smallest absolute Gasteiger partial charge is 0.103 e. The average molecular weight is 475 g/mol. The summed E-state index contributed by atoms with van der Waals surface area (Å²) in [4.78, 5) is 0. The van der Waals surface area contributed by atoms with Gasteiger partial charge in [0.1, 0.15) is 5.76 Å². The van der Waals surface area contributed by atoms with Gasteiger partial charge in [-0.05, 0) is 18.6 Å². The third kappa shape index (κ3) is 23.0. The molecule has 0 atom stereocenters. The molecule has 0 radical (unpaired) electrons. The van der Waals surface area contributed by atoms with E-state index in [0.29, 0.717) is 0 Å². The molecule has 1 heterocycles. The first kappa shape index (κ1) is 31.3. The lowest BCUT2D eigenvalue weighted by Crippen LogP contribution is -1.85. The molecule has 0 aliphatic rings. The summed E-state index contributed by atoms with van der Waals surface area (Å²) in [7, 11) is 0. The van der Waals surface area contributed by atoms with E-state index < -0.39 is 0 Å². The minimum atomic E-state index is 1.12. The SMILES string of the molecule is CCCCCCCCCCCCCCCCCCCCCCCCCCCCCc1ccco1. The van der Waals surface area contributed by atoms with E-state index in [2.05, 4.69) is 13.0 Å². The van der Waals surface area contributed by atoms with Crippen LogP contribution in [0.4, 0.5) is 0 Å². The van der Waals surface area contributed by atoms with Crippen molar-refractivity contribution < 1.29 is 4.42 Å². The zero-order valence-electron chi connectivity index (χ0n) is 23.4. The van der Waals surface area contributed by atoms with Crippen molar-refractivity contribution in [3.05, 3.63) is 24.2 Å². The minimum Gasteiger partial charge on any atom is -0.469 e. The van der Waals surface area contributed by atoms with Crippen LogP contribution >= 0.6 is 0 Å². The number of hydrogen-bond acceptors (Lipinski definition) is 1. The summed E-state index contributed by atoms with van der Waals surface area (Å²) in [6, 6.07) is 4.09. The highest BCUT2D eigenvalue weighted by atomic mass is 16.3.